The lowest BCUT2D eigenvalue weighted by atomic mass is 10.0. The average Bonchev–Trinajstić information content (AvgIpc) is 2.17. The molecular weight excluding hydrogens is 200 g/mol. The van der Waals surface area contributed by atoms with Gasteiger partial charge in [0.15, 0.2) is 0 Å². The summed E-state index contributed by atoms with van der Waals surface area (Å²) in [4.78, 5) is 0. The molecule has 0 bridgehead atoms. The summed E-state index contributed by atoms with van der Waals surface area (Å²) < 4.78 is 27.2. The zero-order chi connectivity index (χ0) is 11.5. The minimum Gasteiger partial charge on any atom is -0.508 e. The number of nitrogens with one attached hydrogen (secondary N) is 1. The van der Waals surface area contributed by atoms with Crippen LogP contribution in [-0.4, -0.2) is 18.2 Å². The molecular formula is C11H15F2NO. The van der Waals surface area contributed by atoms with Crippen molar-refractivity contribution in [2.24, 2.45) is 0 Å². The molecule has 0 saturated carbocycles. The van der Waals surface area contributed by atoms with Crippen molar-refractivity contribution in [1.82, 2.24) is 5.32 Å². The Hall–Kier alpha value is -1.16. The lowest BCUT2D eigenvalue weighted by Crippen LogP contribution is -2.29. The molecule has 1 atom stereocenters. The van der Waals surface area contributed by atoms with Crippen molar-refractivity contribution in [2.75, 3.05) is 7.05 Å². The van der Waals surface area contributed by atoms with E-state index < -0.39 is 5.92 Å². The van der Waals surface area contributed by atoms with E-state index in [4.69, 9.17) is 5.11 Å². The van der Waals surface area contributed by atoms with E-state index in [1.54, 1.807) is 14.0 Å². The van der Waals surface area contributed by atoms with Crippen LogP contribution in [0.5, 0.6) is 5.75 Å². The van der Waals surface area contributed by atoms with Gasteiger partial charge in [-0.25, -0.2) is 8.78 Å². The van der Waals surface area contributed by atoms with E-state index in [1.165, 1.54) is 24.3 Å². The van der Waals surface area contributed by atoms with E-state index in [9.17, 15) is 8.78 Å². The van der Waals surface area contributed by atoms with Gasteiger partial charge in [0.05, 0.1) is 0 Å². The van der Waals surface area contributed by atoms with Crippen molar-refractivity contribution in [3.05, 3.63) is 29.8 Å². The van der Waals surface area contributed by atoms with Crippen LogP contribution in [0.4, 0.5) is 8.78 Å². The molecule has 0 aliphatic rings. The maximum absolute atomic E-state index is 13.6. The SMILES string of the molecule is CNC(C)CC(F)(F)c1ccc(O)cc1. The molecule has 15 heavy (non-hydrogen) atoms. The Morgan fingerprint density at radius 3 is 2.33 bits per heavy atom. The Morgan fingerprint density at radius 1 is 1.33 bits per heavy atom. The minimum atomic E-state index is -2.86. The van der Waals surface area contributed by atoms with Gasteiger partial charge in [0.1, 0.15) is 5.75 Å². The number of halogens is 2. The third-order valence-electron chi connectivity index (χ3n) is 2.34. The van der Waals surface area contributed by atoms with Gasteiger partial charge >= 0.3 is 0 Å². The summed E-state index contributed by atoms with van der Waals surface area (Å²) in [6, 6.07) is 4.78. The zero-order valence-corrected chi connectivity index (χ0v) is 8.80. The molecule has 0 amide bonds. The number of hydrogen-bond acceptors (Lipinski definition) is 2. The van der Waals surface area contributed by atoms with Crippen LogP contribution in [-0.2, 0) is 5.92 Å². The highest BCUT2D eigenvalue weighted by Crippen LogP contribution is 2.33. The second-order valence-corrected chi connectivity index (χ2v) is 3.65. The lowest BCUT2D eigenvalue weighted by molar-refractivity contribution is -0.0207. The Kier molecular flexibility index (Phi) is 3.63. The van der Waals surface area contributed by atoms with Gasteiger partial charge in [-0.15, -0.1) is 0 Å². The van der Waals surface area contributed by atoms with Gasteiger partial charge in [-0.2, -0.15) is 0 Å². The molecule has 0 saturated heterocycles. The summed E-state index contributed by atoms with van der Waals surface area (Å²) in [5, 5.41) is 11.8. The Balaban J connectivity index is 2.80. The molecule has 0 radical (unpaired) electrons. The Labute approximate surface area is 87.9 Å². The summed E-state index contributed by atoms with van der Waals surface area (Å²) in [7, 11) is 1.65. The van der Waals surface area contributed by atoms with Crippen LogP contribution in [0.15, 0.2) is 24.3 Å². The molecule has 0 aromatic heterocycles. The summed E-state index contributed by atoms with van der Waals surface area (Å²) in [6.07, 6.45) is -0.256. The third kappa shape index (κ3) is 3.16. The van der Waals surface area contributed by atoms with E-state index in [2.05, 4.69) is 5.32 Å². The van der Waals surface area contributed by atoms with E-state index in [-0.39, 0.29) is 23.8 Å². The first-order valence-corrected chi connectivity index (χ1v) is 4.80. The van der Waals surface area contributed by atoms with Crippen molar-refractivity contribution in [3.63, 3.8) is 0 Å². The number of benzene rings is 1. The molecule has 0 heterocycles. The predicted molar refractivity (Wildman–Crippen MR) is 55.1 cm³/mol. The molecule has 0 aliphatic carbocycles. The smallest absolute Gasteiger partial charge is 0.274 e. The van der Waals surface area contributed by atoms with Crippen LogP contribution in [0.3, 0.4) is 0 Å². The van der Waals surface area contributed by atoms with E-state index in [1.807, 2.05) is 0 Å². The van der Waals surface area contributed by atoms with Crippen molar-refractivity contribution < 1.29 is 13.9 Å². The first-order chi connectivity index (χ1) is 6.95. The molecule has 1 unspecified atom stereocenters. The van der Waals surface area contributed by atoms with E-state index in [0.29, 0.717) is 0 Å². The fourth-order valence-electron chi connectivity index (χ4n) is 1.31. The van der Waals surface area contributed by atoms with Crippen molar-refractivity contribution >= 4 is 0 Å². The monoisotopic (exact) mass is 215 g/mol. The van der Waals surface area contributed by atoms with Gasteiger partial charge in [0.2, 0.25) is 0 Å². The number of rotatable bonds is 4. The Bertz CT molecular complexity index is 311. The molecule has 1 aromatic rings. The fourth-order valence-corrected chi connectivity index (χ4v) is 1.31. The van der Waals surface area contributed by atoms with Gasteiger partial charge in [-0.05, 0) is 38.2 Å². The van der Waals surface area contributed by atoms with Crippen LogP contribution in [0.1, 0.15) is 18.9 Å². The predicted octanol–water partition coefficient (Wildman–Crippen LogP) is 2.48. The van der Waals surface area contributed by atoms with Crippen LogP contribution < -0.4 is 5.32 Å². The minimum absolute atomic E-state index is 0.00350. The van der Waals surface area contributed by atoms with Crippen LogP contribution >= 0.6 is 0 Å². The Morgan fingerprint density at radius 2 is 1.87 bits per heavy atom. The molecule has 0 aliphatic heterocycles. The van der Waals surface area contributed by atoms with Gasteiger partial charge in [-0.3, -0.25) is 0 Å². The second kappa shape index (κ2) is 4.57. The normalized spacial score (nSPS) is 13.9. The van der Waals surface area contributed by atoms with Crippen molar-refractivity contribution in [3.8, 4) is 5.75 Å². The van der Waals surface area contributed by atoms with E-state index in [0.717, 1.165) is 0 Å². The summed E-state index contributed by atoms with van der Waals surface area (Å²) in [6.45, 7) is 1.70. The number of hydrogen-bond donors (Lipinski definition) is 2. The quantitative estimate of drug-likeness (QED) is 0.808. The molecule has 1 rings (SSSR count). The zero-order valence-electron chi connectivity index (χ0n) is 8.80. The second-order valence-electron chi connectivity index (χ2n) is 3.65. The first-order valence-electron chi connectivity index (χ1n) is 4.80. The van der Waals surface area contributed by atoms with Crippen molar-refractivity contribution in [2.45, 2.75) is 25.3 Å². The summed E-state index contributed by atoms with van der Waals surface area (Å²) in [5.41, 5.74) is -0.0672. The molecule has 4 heteroatoms. The first kappa shape index (κ1) is 11.9. The standard InChI is InChI=1S/C11H15F2NO/c1-8(14-2)7-11(12,13)9-3-5-10(15)6-4-9/h3-6,8,14-15H,7H2,1-2H3. The van der Waals surface area contributed by atoms with Gasteiger partial charge in [0.25, 0.3) is 5.92 Å². The average molecular weight is 215 g/mol. The molecule has 1 aromatic carbocycles. The number of phenolic OH excluding ortho intramolecular Hbond substituents is 1. The largest absolute Gasteiger partial charge is 0.508 e. The molecule has 2 nitrogen and oxygen atoms in total. The highest BCUT2D eigenvalue weighted by molar-refractivity contribution is 5.28. The molecule has 0 spiro atoms. The summed E-state index contributed by atoms with van der Waals surface area (Å²) >= 11 is 0. The highest BCUT2D eigenvalue weighted by Gasteiger charge is 2.32. The van der Waals surface area contributed by atoms with Crippen LogP contribution in [0.2, 0.25) is 0 Å². The lowest BCUT2D eigenvalue weighted by Gasteiger charge is -2.20. The van der Waals surface area contributed by atoms with Gasteiger partial charge in [-0.1, -0.05) is 0 Å². The highest BCUT2D eigenvalue weighted by atomic mass is 19.3. The van der Waals surface area contributed by atoms with Crippen LogP contribution in [0.25, 0.3) is 0 Å². The number of aromatic hydroxyl groups is 1. The maximum Gasteiger partial charge on any atom is 0.274 e. The van der Waals surface area contributed by atoms with Crippen LogP contribution in [0, 0.1) is 0 Å². The molecule has 0 fully saturated rings. The molecule has 2 N–H and O–H groups in total. The maximum atomic E-state index is 13.6. The van der Waals surface area contributed by atoms with Gasteiger partial charge in [0, 0.05) is 18.0 Å². The van der Waals surface area contributed by atoms with Crippen molar-refractivity contribution in [1.29, 1.82) is 0 Å². The number of alkyl halides is 2. The van der Waals surface area contributed by atoms with E-state index >= 15 is 0 Å². The topological polar surface area (TPSA) is 32.3 Å². The summed E-state index contributed by atoms with van der Waals surface area (Å²) in [5.74, 6) is -2.87. The third-order valence-corrected chi connectivity index (χ3v) is 2.34. The fraction of sp³-hybridized carbons (Fsp3) is 0.455. The molecule has 84 valence electrons. The van der Waals surface area contributed by atoms with Gasteiger partial charge < -0.3 is 10.4 Å². The number of phenols is 1.